The van der Waals surface area contributed by atoms with Crippen LogP contribution in [0.15, 0.2) is 36.7 Å². The number of hydrogen-bond donors (Lipinski definition) is 0. The van der Waals surface area contributed by atoms with Gasteiger partial charge in [-0.25, -0.2) is 4.98 Å². The molecule has 1 saturated heterocycles. The number of piperidine rings is 1. The van der Waals surface area contributed by atoms with Crippen LogP contribution in [0.25, 0.3) is 0 Å². The van der Waals surface area contributed by atoms with Gasteiger partial charge in [-0.15, -0.1) is 0 Å². The molecular formula is C19H23N3O3. The van der Waals surface area contributed by atoms with Crippen LogP contribution in [0.2, 0.25) is 0 Å². The molecule has 0 atom stereocenters. The number of carbonyl (C=O) groups is 2. The lowest BCUT2D eigenvalue weighted by molar-refractivity contribution is -0.146. The maximum absolute atomic E-state index is 12.6. The van der Waals surface area contributed by atoms with Crippen molar-refractivity contribution >= 4 is 11.9 Å². The Balaban J connectivity index is 1.60. The number of ether oxygens (including phenoxy) is 1. The molecule has 2 aromatic rings. The third-order valence-electron chi connectivity index (χ3n) is 4.79. The van der Waals surface area contributed by atoms with Gasteiger partial charge in [-0.1, -0.05) is 12.1 Å². The third kappa shape index (κ3) is 3.90. The summed E-state index contributed by atoms with van der Waals surface area (Å²) >= 11 is 0. The quantitative estimate of drug-likeness (QED) is 0.800. The SMILES string of the molecule is COC(=O)C1CCN(C(=O)c2ccc(Cn3ccnc3C)cc2)CC1. The van der Waals surface area contributed by atoms with Gasteiger partial charge in [-0.2, -0.15) is 0 Å². The van der Waals surface area contributed by atoms with Crippen molar-refractivity contribution in [3.63, 3.8) is 0 Å². The lowest BCUT2D eigenvalue weighted by Crippen LogP contribution is -2.40. The summed E-state index contributed by atoms with van der Waals surface area (Å²) < 4.78 is 6.85. The second-order valence-corrected chi connectivity index (χ2v) is 6.39. The maximum Gasteiger partial charge on any atom is 0.308 e. The van der Waals surface area contributed by atoms with Crippen molar-refractivity contribution in [1.82, 2.24) is 14.5 Å². The van der Waals surface area contributed by atoms with Crippen molar-refractivity contribution in [1.29, 1.82) is 0 Å². The molecule has 0 bridgehead atoms. The summed E-state index contributed by atoms with van der Waals surface area (Å²) in [6, 6.07) is 7.70. The van der Waals surface area contributed by atoms with Gasteiger partial charge in [0.15, 0.2) is 0 Å². The Morgan fingerprint density at radius 3 is 2.44 bits per heavy atom. The number of hydrogen-bond acceptors (Lipinski definition) is 4. The Kier molecular flexibility index (Phi) is 5.16. The Morgan fingerprint density at radius 2 is 1.88 bits per heavy atom. The highest BCUT2D eigenvalue weighted by molar-refractivity contribution is 5.94. The molecule has 1 aromatic carbocycles. The number of esters is 1. The Bertz CT molecular complexity index is 744. The van der Waals surface area contributed by atoms with E-state index in [1.807, 2.05) is 42.3 Å². The number of benzene rings is 1. The summed E-state index contributed by atoms with van der Waals surface area (Å²) in [7, 11) is 1.41. The van der Waals surface area contributed by atoms with Crippen LogP contribution in [0.5, 0.6) is 0 Å². The normalized spacial score (nSPS) is 15.2. The van der Waals surface area contributed by atoms with Gasteiger partial charge in [0, 0.05) is 37.6 Å². The van der Waals surface area contributed by atoms with Crippen LogP contribution in [-0.2, 0) is 16.1 Å². The van der Waals surface area contributed by atoms with Crippen LogP contribution < -0.4 is 0 Å². The van der Waals surface area contributed by atoms with Crippen LogP contribution >= 0.6 is 0 Å². The highest BCUT2D eigenvalue weighted by Crippen LogP contribution is 2.20. The molecule has 1 amide bonds. The van der Waals surface area contributed by atoms with Gasteiger partial charge in [0.1, 0.15) is 5.82 Å². The van der Waals surface area contributed by atoms with Gasteiger partial charge >= 0.3 is 5.97 Å². The van der Waals surface area contributed by atoms with Gasteiger partial charge in [-0.05, 0) is 37.5 Å². The Labute approximate surface area is 147 Å². The summed E-state index contributed by atoms with van der Waals surface area (Å²) in [5.74, 6) is 0.725. The molecule has 1 aromatic heterocycles. The first-order valence-electron chi connectivity index (χ1n) is 8.52. The summed E-state index contributed by atoms with van der Waals surface area (Å²) in [5.41, 5.74) is 1.81. The van der Waals surface area contributed by atoms with E-state index in [0.29, 0.717) is 31.5 Å². The first-order valence-corrected chi connectivity index (χ1v) is 8.52. The first kappa shape index (κ1) is 17.2. The fourth-order valence-corrected chi connectivity index (χ4v) is 3.19. The van der Waals surface area contributed by atoms with E-state index >= 15 is 0 Å². The molecule has 3 rings (SSSR count). The molecule has 0 saturated carbocycles. The van der Waals surface area contributed by atoms with E-state index in [1.54, 1.807) is 6.20 Å². The summed E-state index contributed by atoms with van der Waals surface area (Å²) in [6.45, 7) is 3.89. The van der Waals surface area contributed by atoms with Crippen LogP contribution in [0.3, 0.4) is 0 Å². The molecule has 132 valence electrons. The minimum Gasteiger partial charge on any atom is -0.469 e. The van der Waals surface area contributed by atoms with E-state index in [2.05, 4.69) is 9.55 Å². The molecule has 25 heavy (non-hydrogen) atoms. The Morgan fingerprint density at radius 1 is 1.20 bits per heavy atom. The minimum absolute atomic E-state index is 0.0219. The van der Waals surface area contributed by atoms with Gasteiger partial charge in [0.2, 0.25) is 0 Å². The van der Waals surface area contributed by atoms with Crippen LogP contribution in [0.1, 0.15) is 34.6 Å². The lowest BCUT2D eigenvalue weighted by atomic mass is 9.96. The predicted molar refractivity (Wildman–Crippen MR) is 93.2 cm³/mol. The largest absolute Gasteiger partial charge is 0.469 e. The van der Waals surface area contributed by atoms with Crippen LogP contribution in [0.4, 0.5) is 0 Å². The maximum atomic E-state index is 12.6. The van der Waals surface area contributed by atoms with Gasteiger partial charge in [0.25, 0.3) is 5.91 Å². The van der Waals surface area contributed by atoms with Gasteiger partial charge in [-0.3, -0.25) is 9.59 Å². The van der Waals surface area contributed by atoms with E-state index in [0.717, 1.165) is 17.9 Å². The van der Waals surface area contributed by atoms with E-state index in [-0.39, 0.29) is 17.8 Å². The zero-order chi connectivity index (χ0) is 17.8. The second-order valence-electron chi connectivity index (χ2n) is 6.39. The molecule has 1 aliphatic rings. The number of nitrogens with zero attached hydrogens (tertiary/aromatic N) is 3. The predicted octanol–water partition coefficient (Wildman–Crippen LogP) is 2.27. The van der Waals surface area contributed by atoms with E-state index in [9.17, 15) is 9.59 Å². The highest BCUT2D eigenvalue weighted by atomic mass is 16.5. The average Bonchev–Trinajstić information content (AvgIpc) is 3.06. The van der Waals surface area contributed by atoms with E-state index in [1.165, 1.54) is 7.11 Å². The number of carbonyl (C=O) groups excluding carboxylic acids is 2. The molecular weight excluding hydrogens is 318 g/mol. The fraction of sp³-hybridized carbons (Fsp3) is 0.421. The lowest BCUT2D eigenvalue weighted by Gasteiger charge is -2.30. The van der Waals surface area contributed by atoms with Gasteiger partial charge in [0.05, 0.1) is 13.0 Å². The van der Waals surface area contributed by atoms with E-state index < -0.39 is 0 Å². The van der Waals surface area contributed by atoms with Crippen molar-refractivity contribution in [2.75, 3.05) is 20.2 Å². The van der Waals surface area contributed by atoms with Crippen molar-refractivity contribution in [2.45, 2.75) is 26.3 Å². The first-order chi connectivity index (χ1) is 12.1. The number of aryl methyl sites for hydroxylation is 1. The van der Waals surface area contributed by atoms with Crippen LogP contribution in [-0.4, -0.2) is 46.5 Å². The molecule has 0 unspecified atom stereocenters. The molecule has 0 aliphatic carbocycles. The molecule has 6 heteroatoms. The number of aromatic nitrogens is 2. The zero-order valence-corrected chi connectivity index (χ0v) is 14.6. The number of rotatable bonds is 4. The smallest absolute Gasteiger partial charge is 0.308 e. The zero-order valence-electron chi connectivity index (χ0n) is 14.6. The molecule has 0 radical (unpaired) electrons. The monoisotopic (exact) mass is 341 g/mol. The molecule has 0 N–H and O–H groups in total. The van der Waals surface area contributed by atoms with Crippen molar-refractivity contribution in [3.05, 3.63) is 53.6 Å². The topological polar surface area (TPSA) is 64.4 Å². The average molecular weight is 341 g/mol. The summed E-state index contributed by atoms with van der Waals surface area (Å²) in [4.78, 5) is 30.2. The number of methoxy groups -OCH3 is 1. The number of imidazole rings is 1. The molecule has 0 spiro atoms. The molecule has 6 nitrogen and oxygen atoms in total. The third-order valence-corrected chi connectivity index (χ3v) is 4.79. The van der Waals surface area contributed by atoms with Crippen molar-refractivity contribution < 1.29 is 14.3 Å². The summed E-state index contributed by atoms with van der Waals surface area (Å²) in [6.07, 6.45) is 5.05. The number of amides is 1. The summed E-state index contributed by atoms with van der Waals surface area (Å²) in [5, 5.41) is 0. The standard InChI is InChI=1S/C19H23N3O3/c1-14-20-9-12-22(14)13-15-3-5-16(6-4-15)18(23)21-10-7-17(8-11-21)19(24)25-2/h3-6,9,12,17H,7-8,10-11,13H2,1-2H3. The van der Waals surface area contributed by atoms with Crippen molar-refractivity contribution in [3.8, 4) is 0 Å². The molecule has 1 aliphatic heterocycles. The fourth-order valence-electron chi connectivity index (χ4n) is 3.19. The molecule has 1 fully saturated rings. The number of likely N-dealkylation sites (tertiary alicyclic amines) is 1. The minimum atomic E-state index is -0.175. The highest BCUT2D eigenvalue weighted by Gasteiger charge is 2.28. The van der Waals surface area contributed by atoms with Crippen molar-refractivity contribution in [2.24, 2.45) is 5.92 Å². The second kappa shape index (κ2) is 7.51. The van der Waals surface area contributed by atoms with Gasteiger partial charge < -0.3 is 14.2 Å². The van der Waals surface area contributed by atoms with E-state index in [4.69, 9.17) is 4.74 Å². The Hall–Kier alpha value is -2.63. The molecule has 2 heterocycles. The van der Waals surface area contributed by atoms with Crippen LogP contribution in [0, 0.1) is 12.8 Å².